The van der Waals surface area contributed by atoms with Crippen molar-refractivity contribution in [3.05, 3.63) is 76.1 Å². The number of rotatable bonds is 4. The van der Waals surface area contributed by atoms with Crippen molar-refractivity contribution in [1.82, 2.24) is 4.90 Å². The third kappa shape index (κ3) is 3.93. The fourth-order valence-electron chi connectivity index (χ4n) is 2.07. The molecule has 0 atom stereocenters. The van der Waals surface area contributed by atoms with Gasteiger partial charge in [-0.3, -0.25) is 9.69 Å². The standard InChI is InChI=1S/C17H12ClNO2S2/c18-13(9-12-5-2-1-3-6-12)10-15-16(20)19(17(22)23-15)11-14-7-4-8-21-14/h1-10H,11H2/b13-9-,15-10-. The molecule has 0 unspecified atom stereocenters. The molecule has 0 saturated carbocycles. The normalized spacial score (nSPS) is 17.3. The molecule has 1 aliphatic heterocycles. The molecule has 3 nitrogen and oxygen atoms in total. The summed E-state index contributed by atoms with van der Waals surface area (Å²) in [6.45, 7) is 0.328. The number of halogens is 1. The maximum atomic E-state index is 12.5. The van der Waals surface area contributed by atoms with Crippen LogP contribution in [0.3, 0.4) is 0 Å². The Morgan fingerprint density at radius 1 is 1.26 bits per heavy atom. The summed E-state index contributed by atoms with van der Waals surface area (Å²) >= 11 is 12.8. The SMILES string of the molecule is O=C1/C(=C/C(Cl)=C/c2ccccc2)SC(=S)N1Cc1ccco1. The average Bonchev–Trinajstić information content (AvgIpc) is 3.13. The minimum absolute atomic E-state index is 0.156. The van der Waals surface area contributed by atoms with E-state index in [0.29, 0.717) is 26.6 Å². The summed E-state index contributed by atoms with van der Waals surface area (Å²) in [7, 11) is 0. The number of allylic oxidation sites excluding steroid dienone is 2. The maximum Gasteiger partial charge on any atom is 0.266 e. The molecule has 0 radical (unpaired) electrons. The van der Waals surface area contributed by atoms with E-state index in [1.165, 1.54) is 16.7 Å². The lowest BCUT2D eigenvalue weighted by Crippen LogP contribution is -2.27. The van der Waals surface area contributed by atoms with E-state index in [-0.39, 0.29) is 5.91 Å². The van der Waals surface area contributed by atoms with Crippen LogP contribution in [0, 0.1) is 0 Å². The minimum Gasteiger partial charge on any atom is -0.467 e. The lowest BCUT2D eigenvalue weighted by atomic mass is 10.2. The number of carbonyl (C=O) groups is 1. The van der Waals surface area contributed by atoms with Crippen LogP contribution in [0.2, 0.25) is 0 Å². The Labute approximate surface area is 148 Å². The molecule has 3 rings (SSSR count). The average molecular weight is 362 g/mol. The third-order valence-electron chi connectivity index (χ3n) is 3.14. The van der Waals surface area contributed by atoms with Gasteiger partial charge in [0.1, 0.15) is 10.1 Å². The molecule has 1 amide bonds. The van der Waals surface area contributed by atoms with Crippen molar-refractivity contribution < 1.29 is 9.21 Å². The highest BCUT2D eigenvalue weighted by atomic mass is 35.5. The summed E-state index contributed by atoms with van der Waals surface area (Å²) in [4.78, 5) is 14.5. The van der Waals surface area contributed by atoms with Gasteiger partial charge in [0.15, 0.2) is 0 Å². The molecule has 1 aliphatic rings. The Kier molecular flexibility index (Phi) is 5.00. The Morgan fingerprint density at radius 2 is 2.04 bits per heavy atom. The van der Waals surface area contributed by atoms with Crippen LogP contribution < -0.4 is 0 Å². The van der Waals surface area contributed by atoms with Gasteiger partial charge >= 0.3 is 0 Å². The summed E-state index contributed by atoms with van der Waals surface area (Å²) < 4.78 is 5.77. The first-order valence-electron chi connectivity index (χ1n) is 6.83. The molecule has 116 valence electrons. The van der Waals surface area contributed by atoms with Gasteiger partial charge in [0, 0.05) is 5.03 Å². The van der Waals surface area contributed by atoms with Crippen LogP contribution in [0.4, 0.5) is 0 Å². The fraction of sp³-hybridized carbons (Fsp3) is 0.0588. The summed E-state index contributed by atoms with van der Waals surface area (Å²) in [6, 6.07) is 13.3. The zero-order chi connectivity index (χ0) is 16.2. The van der Waals surface area contributed by atoms with Crippen LogP contribution in [0.25, 0.3) is 6.08 Å². The number of amides is 1. The largest absolute Gasteiger partial charge is 0.467 e. The van der Waals surface area contributed by atoms with Gasteiger partial charge in [0.25, 0.3) is 5.91 Å². The van der Waals surface area contributed by atoms with Crippen LogP contribution in [0.15, 0.2) is 69.2 Å². The number of thioether (sulfide) groups is 1. The maximum absolute atomic E-state index is 12.5. The summed E-state index contributed by atoms with van der Waals surface area (Å²) in [5.74, 6) is 0.532. The molecule has 1 aromatic heterocycles. The van der Waals surface area contributed by atoms with E-state index in [9.17, 15) is 4.79 Å². The smallest absolute Gasteiger partial charge is 0.266 e. The van der Waals surface area contributed by atoms with Crippen molar-refractivity contribution in [3.8, 4) is 0 Å². The van der Waals surface area contributed by atoms with E-state index >= 15 is 0 Å². The molecule has 6 heteroatoms. The van der Waals surface area contributed by atoms with E-state index in [1.807, 2.05) is 36.4 Å². The second-order valence-electron chi connectivity index (χ2n) is 4.79. The lowest BCUT2D eigenvalue weighted by molar-refractivity contribution is -0.122. The van der Waals surface area contributed by atoms with Gasteiger partial charge < -0.3 is 4.42 Å². The first-order valence-corrected chi connectivity index (χ1v) is 8.44. The summed E-state index contributed by atoms with van der Waals surface area (Å²) in [5, 5.41) is 0.481. The van der Waals surface area contributed by atoms with Crippen molar-refractivity contribution >= 4 is 51.9 Å². The van der Waals surface area contributed by atoms with Crippen molar-refractivity contribution in [3.63, 3.8) is 0 Å². The van der Waals surface area contributed by atoms with E-state index in [0.717, 1.165) is 5.56 Å². The Balaban J connectivity index is 1.77. The number of thiocarbonyl (C=S) groups is 1. The van der Waals surface area contributed by atoms with E-state index in [4.69, 9.17) is 28.2 Å². The van der Waals surface area contributed by atoms with Gasteiger partial charge in [0.05, 0.1) is 17.7 Å². The van der Waals surface area contributed by atoms with Crippen LogP contribution in [-0.4, -0.2) is 15.1 Å². The van der Waals surface area contributed by atoms with Gasteiger partial charge in [-0.1, -0.05) is 65.9 Å². The Bertz CT molecular complexity index is 782. The van der Waals surface area contributed by atoms with Crippen LogP contribution in [0.1, 0.15) is 11.3 Å². The molecular weight excluding hydrogens is 350 g/mol. The van der Waals surface area contributed by atoms with Crippen LogP contribution in [-0.2, 0) is 11.3 Å². The first-order chi connectivity index (χ1) is 11.1. The lowest BCUT2D eigenvalue weighted by Gasteiger charge is -2.11. The van der Waals surface area contributed by atoms with Gasteiger partial charge in [0.2, 0.25) is 0 Å². The highest BCUT2D eigenvalue weighted by Gasteiger charge is 2.32. The number of carbonyl (C=O) groups excluding carboxylic acids is 1. The number of furan rings is 1. The molecule has 1 fully saturated rings. The zero-order valence-corrected chi connectivity index (χ0v) is 14.3. The van der Waals surface area contributed by atoms with Crippen molar-refractivity contribution in [2.24, 2.45) is 0 Å². The molecular formula is C17H12ClNO2S2. The molecule has 2 heterocycles. The molecule has 23 heavy (non-hydrogen) atoms. The number of hydrogen-bond acceptors (Lipinski definition) is 4. The number of benzene rings is 1. The molecule has 0 N–H and O–H groups in total. The quantitative estimate of drug-likeness (QED) is 0.578. The second kappa shape index (κ2) is 7.17. The highest BCUT2D eigenvalue weighted by molar-refractivity contribution is 8.26. The van der Waals surface area contributed by atoms with Gasteiger partial charge in [-0.25, -0.2) is 0 Å². The minimum atomic E-state index is -0.156. The highest BCUT2D eigenvalue weighted by Crippen LogP contribution is 2.33. The van der Waals surface area contributed by atoms with E-state index < -0.39 is 0 Å². The molecule has 0 bridgehead atoms. The monoisotopic (exact) mass is 361 g/mol. The summed E-state index contributed by atoms with van der Waals surface area (Å²) in [5.41, 5.74) is 0.972. The van der Waals surface area contributed by atoms with E-state index in [1.54, 1.807) is 24.5 Å². The van der Waals surface area contributed by atoms with Gasteiger partial charge in [-0.05, 0) is 29.8 Å². The zero-order valence-electron chi connectivity index (χ0n) is 11.9. The number of hydrogen-bond donors (Lipinski definition) is 0. The predicted molar refractivity (Wildman–Crippen MR) is 97.8 cm³/mol. The molecule has 1 saturated heterocycles. The fourth-order valence-corrected chi connectivity index (χ4v) is 3.62. The topological polar surface area (TPSA) is 33.5 Å². The molecule has 2 aromatic rings. The molecule has 0 spiro atoms. The van der Waals surface area contributed by atoms with Crippen LogP contribution in [0.5, 0.6) is 0 Å². The van der Waals surface area contributed by atoms with Gasteiger partial charge in [-0.15, -0.1) is 0 Å². The Hall–Kier alpha value is -1.82. The van der Waals surface area contributed by atoms with Crippen molar-refractivity contribution in [1.29, 1.82) is 0 Å². The Morgan fingerprint density at radius 3 is 2.74 bits per heavy atom. The van der Waals surface area contributed by atoms with Crippen molar-refractivity contribution in [2.75, 3.05) is 0 Å². The third-order valence-corrected chi connectivity index (χ3v) is 4.74. The molecule has 1 aromatic carbocycles. The predicted octanol–water partition coefficient (Wildman–Crippen LogP) is 4.80. The molecule has 0 aliphatic carbocycles. The van der Waals surface area contributed by atoms with Crippen molar-refractivity contribution in [2.45, 2.75) is 6.54 Å². The van der Waals surface area contributed by atoms with E-state index in [2.05, 4.69) is 0 Å². The first kappa shape index (κ1) is 16.1. The second-order valence-corrected chi connectivity index (χ2v) is 6.90. The summed E-state index contributed by atoms with van der Waals surface area (Å²) in [6.07, 6.45) is 5.03. The van der Waals surface area contributed by atoms with Crippen LogP contribution >= 0.6 is 35.6 Å². The number of nitrogens with zero attached hydrogens (tertiary/aromatic N) is 1. The van der Waals surface area contributed by atoms with Gasteiger partial charge in [-0.2, -0.15) is 0 Å².